The van der Waals surface area contributed by atoms with Crippen LogP contribution >= 0.6 is 11.6 Å². The van der Waals surface area contributed by atoms with Crippen molar-refractivity contribution in [3.63, 3.8) is 0 Å². The predicted octanol–water partition coefficient (Wildman–Crippen LogP) is 2.75. The number of carbonyl (C=O) groups excluding carboxylic acids is 1. The third-order valence-corrected chi connectivity index (χ3v) is 5.80. The van der Waals surface area contributed by atoms with Gasteiger partial charge in [0, 0.05) is 6.07 Å². The Balaban J connectivity index is 2.84. The van der Waals surface area contributed by atoms with E-state index in [1.54, 1.807) is 0 Å². The SMILES string of the molecule is CC(C(N)=O)S(=O)(=O)c1nc(-c2c(F)cc(F)c(F)c2F)c(F)cc1Cl. The average Bonchev–Trinajstić information content (AvgIpc) is 2.53. The van der Waals surface area contributed by atoms with E-state index in [4.69, 9.17) is 17.3 Å². The van der Waals surface area contributed by atoms with Gasteiger partial charge in [-0.25, -0.2) is 35.4 Å². The Morgan fingerprint density at radius 1 is 1.08 bits per heavy atom. The highest BCUT2D eigenvalue weighted by molar-refractivity contribution is 7.92. The molecule has 0 saturated carbocycles. The number of pyridine rings is 1. The van der Waals surface area contributed by atoms with Crippen molar-refractivity contribution in [2.75, 3.05) is 0 Å². The molecule has 1 unspecified atom stereocenters. The first-order valence-corrected chi connectivity index (χ1v) is 8.54. The van der Waals surface area contributed by atoms with E-state index in [0.717, 1.165) is 6.92 Å². The second-order valence-electron chi connectivity index (χ2n) is 5.04. The molecule has 0 aliphatic heterocycles. The molecule has 5 nitrogen and oxygen atoms in total. The second kappa shape index (κ2) is 6.80. The summed E-state index contributed by atoms with van der Waals surface area (Å²) >= 11 is 5.60. The minimum atomic E-state index is -4.66. The number of amides is 1. The van der Waals surface area contributed by atoms with Gasteiger partial charge in [0.05, 0.1) is 10.6 Å². The molecule has 0 spiro atoms. The molecule has 1 aromatic carbocycles. The molecule has 1 atom stereocenters. The molecule has 2 rings (SSSR count). The van der Waals surface area contributed by atoms with Crippen molar-refractivity contribution in [1.82, 2.24) is 4.98 Å². The Morgan fingerprint density at radius 2 is 1.65 bits per heavy atom. The third-order valence-electron chi connectivity index (χ3n) is 3.38. The number of rotatable bonds is 4. The van der Waals surface area contributed by atoms with Crippen molar-refractivity contribution in [3.8, 4) is 11.3 Å². The normalized spacial score (nSPS) is 12.9. The van der Waals surface area contributed by atoms with Crippen LogP contribution in [0.4, 0.5) is 22.0 Å². The molecule has 140 valence electrons. The van der Waals surface area contributed by atoms with Crippen LogP contribution in [0.15, 0.2) is 17.2 Å². The molecule has 26 heavy (non-hydrogen) atoms. The van der Waals surface area contributed by atoms with Gasteiger partial charge >= 0.3 is 0 Å². The monoisotopic (exact) mass is 414 g/mol. The summed E-state index contributed by atoms with van der Waals surface area (Å²) < 4.78 is 92.8. The molecular formula is C14H8ClF5N2O3S. The van der Waals surface area contributed by atoms with E-state index in [2.05, 4.69) is 4.98 Å². The number of carbonyl (C=O) groups is 1. The molecule has 2 aromatic rings. The fourth-order valence-corrected chi connectivity index (χ4v) is 3.58. The fourth-order valence-electron chi connectivity index (χ4n) is 1.93. The van der Waals surface area contributed by atoms with Gasteiger partial charge in [-0.1, -0.05) is 11.6 Å². The van der Waals surface area contributed by atoms with Gasteiger partial charge in [0.1, 0.15) is 16.8 Å². The molecular weight excluding hydrogens is 407 g/mol. The van der Waals surface area contributed by atoms with Crippen LogP contribution in [0.2, 0.25) is 5.02 Å². The number of hydrogen-bond donors (Lipinski definition) is 1. The van der Waals surface area contributed by atoms with Gasteiger partial charge < -0.3 is 5.73 Å². The van der Waals surface area contributed by atoms with Crippen molar-refractivity contribution < 1.29 is 35.2 Å². The van der Waals surface area contributed by atoms with E-state index < -0.39 is 71.4 Å². The first-order chi connectivity index (χ1) is 11.9. The van der Waals surface area contributed by atoms with Crippen LogP contribution in [0.25, 0.3) is 11.3 Å². The summed E-state index contributed by atoms with van der Waals surface area (Å²) in [4.78, 5) is 14.4. The molecule has 2 N–H and O–H groups in total. The zero-order valence-corrected chi connectivity index (χ0v) is 14.2. The van der Waals surface area contributed by atoms with E-state index in [9.17, 15) is 35.2 Å². The highest BCUT2D eigenvalue weighted by atomic mass is 35.5. The van der Waals surface area contributed by atoms with Gasteiger partial charge in [-0.3, -0.25) is 4.79 Å². The van der Waals surface area contributed by atoms with Crippen molar-refractivity contribution in [2.45, 2.75) is 17.2 Å². The van der Waals surface area contributed by atoms with E-state index in [-0.39, 0.29) is 6.07 Å². The first-order valence-electron chi connectivity index (χ1n) is 6.62. The number of benzene rings is 1. The minimum absolute atomic E-state index is 0.0658. The summed E-state index contributed by atoms with van der Waals surface area (Å²) in [6.45, 7) is 0.886. The Kier molecular flexibility index (Phi) is 5.24. The van der Waals surface area contributed by atoms with Crippen molar-refractivity contribution in [3.05, 3.63) is 46.2 Å². The second-order valence-corrected chi connectivity index (χ2v) is 7.63. The number of hydrogen-bond acceptors (Lipinski definition) is 4. The summed E-state index contributed by atoms with van der Waals surface area (Å²) in [5, 5.41) is -3.77. The zero-order chi connectivity index (χ0) is 20.0. The summed E-state index contributed by atoms with van der Waals surface area (Å²) in [6, 6.07) is 0.286. The highest BCUT2D eigenvalue weighted by Crippen LogP contribution is 2.33. The molecule has 0 aliphatic rings. The highest BCUT2D eigenvalue weighted by Gasteiger charge is 2.34. The van der Waals surface area contributed by atoms with E-state index in [0.29, 0.717) is 6.07 Å². The smallest absolute Gasteiger partial charge is 0.235 e. The maximum atomic E-state index is 14.1. The van der Waals surface area contributed by atoms with Crippen LogP contribution in [-0.4, -0.2) is 24.6 Å². The first kappa shape index (κ1) is 20.0. The third kappa shape index (κ3) is 3.23. The number of primary amides is 1. The molecule has 0 saturated heterocycles. The molecule has 0 radical (unpaired) electrons. The topological polar surface area (TPSA) is 90.1 Å². The van der Waals surface area contributed by atoms with Crippen LogP contribution < -0.4 is 5.73 Å². The molecule has 1 aromatic heterocycles. The summed E-state index contributed by atoms with van der Waals surface area (Å²) in [5.41, 5.74) is 2.18. The Morgan fingerprint density at radius 3 is 2.19 bits per heavy atom. The lowest BCUT2D eigenvalue weighted by Crippen LogP contribution is -2.34. The maximum absolute atomic E-state index is 14.1. The molecule has 1 amide bonds. The van der Waals surface area contributed by atoms with Crippen molar-refractivity contribution in [1.29, 1.82) is 0 Å². The standard InChI is InChI=1S/C14H8ClF5N2O3S/c1-4(13(21)23)26(24,25)14-5(15)2-8(18)12(22-14)9-6(16)3-7(17)10(19)11(9)20/h2-4H,1H3,(H2,21,23). The minimum Gasteiger partial charge on any atom is -0.369 e. The molecule has 0 bridgehead atoms. The number of sulfone groups is 1. The van der Waals surface area contributed by atoms with Crippen molar-refractivity contribution >= 4 is 27.3 Å². The van der Waals surface area contributed by atoms with Gasteiger partial charge in [0.15, 0.2) is 28.3 Å². The van der Waals surface area contributed by atoms with Crippen LogP contribution in [0.3, 0.4) is 0 Å². The van der Waals surface area contributed by atoms with Gasteiger partial charge in [-0.15, -0.1) is 0 Å². The van der Waals surface area contributed by atoms with E-state index in [1.807, 2.05) is 0 Å². The van der Waals surface area contributed by atoms with Gasteiger partial charge in [-0.05, 0) is 13.0 Å². The molecule has 12 heteroatoms. The van der Waals surface area contributed by atoms with Crippen LogP contribution in [-0.2, 0) is 14.6 Å². The van der Waals surface area contributed by atoms with Gasteiger partial charge in [0.25, 0.3) is 0 Å². The van der Waals surface area contributed by atoms with Crippen molar-refractivity contribution in [2.24, 2.45) is 5.73 Å². The largest absolute Gasteiger partial charge is 0.369 e. The van der Waals surface area contributed by atoms with Crippen LogP contribution in [0.5, 0.6) is 0 Å². The summed E-state index contributed by atoms with van der Waals surface area (Å²) in [6.07, 6.45) is 0. The Labute approximate surface area is 148 Å². The lowest BCUT2D eigenvalue weighted by atomic mass is 10.1. The maximum Gasteiger partial charge on any atom is 0.235 e. The summed E-state index contributed by atoms with van der Waals surface area (Å²) in [7, 11) is -4.66. The quantitative estimate of drug-likeness (QED) is 0.473. The number of halogens is 6. The molecule has 0 fully saturated rings. The average molecular weight is 415 g/mol. The van der Waals surface area contributed by atoms with Crippen LogP contribution in [0.1, 0.15) is 6.92 Å². The Hall–Kier alpha value is -2.27. The molecule has 1 heterocycles. The fraction of sp³-hybridized carbons (Fsp3) is 0.143. The number of nitrogens with two attached hydrogens (primary N) is 1. The van der Waals surface area contributed by atoms with Gasteiger partial charge in [0.2, 0.25) is 15.7 Å². The summed E-state index contributed by atoms with van der Waals surface area (Å²) in [5.74, 6) is -10.7. The van der Waals surface area contributed by atoms with Crippen LogP contribution in [0, 0.1) is 29.1 Å². The zero-order valence-electron chi connectivity index (χ0n) is 12.7. The Bertz CT molecular complexity index is 1030. The number of aromatic nitrogens is 1. The molecule has 0 aliphatic carbocycles. The predicted molar refractivity (Wildman–Crippen MR) is 80.3 cm³/mol. The van der Waals surface area contributed by atoms with E-state index >= 15 is 0 Å². The van der Waals surface area contributed by atoms with E-state index in [1.165, 1.54) is 0 Å². The number of nitrogens with zero attached hydrogens (tertiary/aromatic N) is 1. The lowest BCUT2D eigenvalue weighted by molar-refractivity contribution is -0.117. The lowest BCUT2D eigenvalue weighted by Gasteiger charge is -2.13. The van der Waals surface area contributed by atoms with Gasteiger partial charge in [-0.2, -0.15) is 0 Å².